The van der Waals surface area contributed by atoms with Crippen LogP contribution in [0.2, 0.25) is 0 Å². The highest BCUT2D eigenvalue weighted by Gasteiger charge is 2.38. The van der Waals surface area contributed by atoms with E-state index in [9.17, 15) is 13.2 Å². The van der Waals surface area contributed by atoms with Gasteiger partial charge in [0.1, 0.15) is 5.82 Å². The number of rotatable bonds is 1. The highest BCUT2D eigenvalue weighted by Crippen LogP contribution is 2.34. The van der Waals surface area contributed by atoms with Gasteiger partial charge in [-0.3, -0.25) is 0 Å². The summed E-state index contributed by atoms with van der Waals surface area (Å²) in [6, 6.07) is 1.60. The molecule has 0 amide bonds. The number of hydrogen-bond donors (Lipinski definition) is 1. The van der Waals surface area contributed by atoms with Crippen LogP contribution in [-0.4, -0.2) is 25.2 Å². The van der Waals surface area contributed by atoms with E-state index in [1.807, 2.05) is 4.90 Å². The lowest BCUT2D eigenvalue weighted by Gasteiger charge is -2.42. The summed E-state index contributed by atoms with van der Waals surface area (Å²) in [6.07, 6.45) is 4.46. The third kappa shape index (κ3) is 2.31. The molecule has 0 unspecified atom stereocenters. The fourth-order valence-electron chi connectivity index (χ4n) is 3.30. The van der Waals surface area contributed by atoms with Crippen molar-refractivity contribution in [2.24, 2.45) is 0 Å². The SMILES string of the molecule is Fc1cc(F)c(N2CCNC3(CCCC3)C2)cc1F. The fraction of sp³-hybridized carbons (Fsp3) is 0.571. The maximum absolute atomic E-state index is 13.8. The van der Waals surface area contributed by atoms with Crippen molar-refractivity contribution >= 4 is 5.69 Å². The molecule has 0 atom stereocenters. The van der Waals surface area contributed by atoms with Crippen molar-refractivity contribution in [2.75, 3.05) is 24.5 Å². The number of nitrogens with zero attached hydrogens (tertiary/aromatic N) is 1. The van der Waals surface area contributed by atoms with Gasteiger partial charge >= 0.3 is 0 Å². The molecule has 1 aliphatic carbocycles. The average Bonchev–Trinajstić information content (AvgIpc) is 2.82. The van der Waals surface area contributed by atoms with Gasteiger partial charge in [-0.25, -0.2) is 13.2 Å². The molecule has 1 aromatic carbocycles. The largest absolute Gasteiger partial charge is 0.366 e. The smallest absolute Gasteiger partial charge is 0.161 e. The molecule has 1 aliphatic heterocycles. The predicted molar refractivity (Wildman–Crippen MR) is 67.7 cm³/mol. The second-order valence-corrected chi connectivity index (χ2v) is 5.55. The molecule has 3 rings (SSSR count). The second-order valence-electron chi connectivity index (χ2n) is 5.55. The zero-order valence-electron chi connectivity index (χ0n) is 10.7. The van der Waals surface area contributed by atoms with Gasteiger partial charge in [0, 0.05) is 37.3 Å². The zero-order chi connectivity index (χ0) is 13.5. The van der Waals surface area contributed by atoms with Gasteiger partial charge in [-0.15, -0.1) is 0 Å². The Morgan fingerprint density at radius 2 is 1.68 bits per heavy atom. The molecule has 1 N–H and O–H groups in total. The van der Waals surface area contributed by atoms with Crippen LogP contribution in [0.5, 0.6) is 0 Å². The first-order chi connectivity index (χ1) is 9.10. The van der Waals surface area contributed by atoms with E-state index in [1.165, 1.54) is 12.8 Å². The van der Waals surface area contributed by atoms with Gasteiger partial charge in [0.15, 0.2) is 11.6 Å². The quantitative estimate of drug-likeness (QED) is 0.789. The average molecular weight is 270 g/mol. The Labute approximate surface area is 110 Å². The summed E-state index contributed by atoms with van der Waals surface area (Å²) in [4.78, 5) is 1.83. The summed E-state index contributed by atoms with van der Waals surface area (Å²) in [5.41, 5.74) is 0.196. The third-order valence-electron chi connectivity index (χ3n) is 4.27. The maximum atomic E-state index is 13.8. The molecule has 1 saturated heterocycles. The number of nitrogens with one attached hydrogen (secondary N) is 1. The first-order valence-corrected chi connectivity index (χ1v) is 6.74. The Morgan fingerprint density at radius 1 is 1.00 bits per heavy atom. The first kappa shape index (κ1) is 12.8. The van der Waals surface area contributed by atoms with Crippen LogP contribution in [-0.2, 0) is 0 Å². The van der Waals surface area contributed by atoms with Gasteiger partial charge in [-0.2, -0.15) is 0 Å². The monoisotopic (exact) mass is 270 g/mol. The minimum Gasteiger partial charge on any atom is -0.366 e. The molecule has 104 valence electrons. The maximum Gasteiger partial charge on any atom is 0.161 e. The highest BCUT2D eigenvalue weighted by molar-refractivity contribution is 5.49. The third-order valence-corrected chi connectivity index (χ3v) is 4.27. The van der Waals surface area contributed by atoms with Crippen LogP contribution in [0.3, 0.4) is 0 Å². The van der Waals surface area contributed by atoms with Crippen molar-refractivity contribution in [3.05, 3.63) is 29.6 Å². The molecule has 2 aliphatic rings. The molecule has 0 aromatic heterocycles. The molecule has 2 fully saturated rings. The van der Waals surface area contributed by atoms with E-state index in [0.29, 0.717) is 19.2 Å². The normalized spacial score (nSPS) is 22.2. The summed E-state index contributed by atoms with van der Waals surface area (Å²) in [6.45, 7) is 2.02. The lowest BCUT2D eigenvalue weighted by atomic mass is 9.94. The van der Waals surface area contributed by atoms with Gasteiger partial charge in [0.25, 0.3) is 0 Å². The number of hydrogen-bond acceptors (Lipinski definition) is 2. The zero-order valence-corrected chi connectivity index (χ0v) is 10.7. The lowest BCUT2D eigenvalue weighted by Crippen LogP contribution is -2.59. The summed E-state index contributed by atoms with van der Waals surface area (Å²) in [5.74, 6) is -2.81. The Morgan fingerprint density at radius 3 is 2.42 bits per heavy atom. The number of piperazine rings is 1. The molecule has 5 heteroatoms. The highest BCUT2D eigenvalue weighted by atomic mass is 19.2. The van der Waals surface area contributed by atoms with E-state index in [4.69, 9.17) is 0 Å². The molecular formula is C14H17F3N2. The van der Waals surface area contributed by atoms with E-state index in [1.54, 1.807) is 0 Å². The minimum atomic E-state index is -1.13. The molecule has 0 bridgehead atoms. The van der Waals surface area contributed by atoms with Crippen LogP contribution in [0, 0.1) is 17.5 Å². The minimum absolute atomic E-state index is 0.0234. The Bertz CT molecular complexity index is 484. The standard InChI is InChI=1S/C14H17F3N2/c15-10-7-12(17)13(8-11(10)16)19-6-5-18-14(9-19)3-1-2-4-14/h7-8,18H,1-6,9H2. The van der Waals surface area contributed by atoms with Crippen LogP contribution in [0.4, 0.5) is 18.9 Å². The van der Waals surface area contributed by atoms with Gasteiger partial charge in [-0.1, -0.05) is 12.8 Å². The van der Waals surface area contributed by atoms with E-state index in [0.717, 1.165) is 25.5 Å². The van der Waals surface area contributed by atoms with Gasteiger partial charge in [0.2, 0.25) is 0 Å². The summed E-state index contributed by atoms with van der Waals surface area (Å²) >= 11 is 0. The van der Waals surface area contributed by atoms with Crippen LogP contribution in [0.25, 0.3) is 0 Å². The van der Waals surface area contributed by atoms with Crippen LogP contribution >= 0.6 is 0 Å². The number of halogens is 3. The van der Waals surface area contributed by atoms with Crippen molar-refractivity contribution in [3.63, 3.8) is 0 Å². The lowest BCUT2D eigenvalue weighted by molar-refractivity contribution is 0.302. The first-order valence-electron chi connectivity index (χ1n) is 6.74. The van der Waals surface area contributed by atoms with Crippen molar-refractivity contribution < 1.29 is 13.2 Å². The molecule has 1 heterocycles. The van der Waals surface area contributed by atoms with Crippen molar-refractivity contribution in [1.82, 2.24) is 5.32 Å². The van der Waals surface area contributed by atoms with Gasteiger partial charge in [0.05, 0.1) is 5.69 Å². The van der Waals surface area contributed by atoms with Crippen molar-refractivity contribution in [3.8, 4) is 0 Å². The molecule has 1 spiro atoms. The summed E-state index contributed by atoms with van der Waals surface area (Å²) < 4.78 is 40.1. The second kappa shape index (κ2) is 4.71. The number of benzene rings is 1. The van der Waals surface area contributed by atoms with Crippen LogP contribution in [0.15, 0.2) is 12.1 Å². The Kier molecular flexibility index (Phi) is 3.17. The van der Waals surface area contributed by atoms with Crippen molar-refractivity contribution in [1.29, 1.82) is 0 Å². The van der Waals surface area contributed by atoms with Crippen LogP contribution < -0.4 is 10.2 Å². The van der Waals surface area contributed by atoms with Crippen LogP contribution in [0.1, 0.15) is 25.7 Å². The van der Waals surface area contributed by atoms with E-state index >= 15 is 0 Å². The van der Waals surface area contributed by atoms with Crippen molar-refractivity contribution in [2.45, 2.75) is 31.2 Å². The summed E-state index contributed by atoms with van der Waals surface area (Å²) in [5, 5.41) is 3.51. The van der Waals surface area contributed by atoms with E-state index < -0.39 is 17.5 Å². The predicted octanol–water partition coefficient (Wildman–Crippen LogP) is 2.83. The fourth-order valence-corrected chi connectivity index (χ4v) is 3.30. The summed E-state index contributed by atoms with van der Waals surface area (Å²) in [7, 11) is 0. The van der Waals surface area contributed by atoms with Gasteiger partial charge in [-0.05, 0) is 12.8 Å². The van der Waals surface area contributed by atoms with E-state index in [-0.39, 0.29) is 11.2 Å². The van der Waals surface area contributed by atoms with Gasteiger partial charge < -0.3 is 10.2 Å². The molecular weight excluding hydrogens is 253 g/mol. The Balaban J connectivity index is 1.87. The Hall–Kier alpha value is -1.23. The molecule has 0 radical (unpaired) electrons. The molecule has 1 saturated carbocycles. The molecule has 19 heavy (non-hydrogen) atoms. The molecule has 2 nitrogen and oxygen atoms in total. The topological polar surface area (TPSA) is 15.3 Å². The van der Waals surface area contributed by atoms with E-state index in [2.05, 4.69) is 5.32 Å². The number of anilines is 1. The molecule has 1 aromatic rings.